The molecule has 3 N–H and O–H groups in total. The molecule has 4 heteroatoms. The topological polar surface area (TPSA) is 71.8 Å². The Hall–Kier alpha value is -3.14. The highest BCUT2D eigenvalue weighted by Crippen LogP contribution is 2.24. The minimum Gasteiger partial charge on any atom is -0.399 e. The van der Waals surface area contributed by atoms with Crippen LogP contribution in [0.3, 0.4) is 0 Å². The minimum absolute atomic E-state index is 0.167. The normalized spacial score (nSPS) is 15.4. The van der Waals surface area contributed by atoms with Crippen LogP contribution in [0.1, 0.15) is 77.3 Å². The fourth-order valence-corrected chi connectivity index (χ4v) is 2.96. The first kappa shape index (κ1) is 28.9. The Morgan fingerprint density at radius 1 is 1.16 bits per heavy atom. The largest absolute Gasteiger partial charge is 0.399 e. The summed E-state index contributed by atoms with van der Waals surface area (Å²) < 4.78 is 0. The molecule has 0 radical (unpaired) electrons. The van der Waals surface area contributed by atoms with Gasteiger partial charge in [0.2, 0.25) is 0 Å². The maximum atomic E-state index is 9.44. The second-order valence-electron chi connectivity index (χ2n) is 7.60. The fourth-order valence-electron chi connectivity index (χ4n) is 2.96. The highest BCUT2D eigenvalue weighted by atomic mass is 16.1. The van der Waals surface area contributed by atoms with E-state index >= 15 is 0 Å². The van der Waals surface area contributed by atoms with Crippen LogP contribution in [0.4, 0.5) is 0 Å². The lowest BCUT2D eigenvalue weighted by Crippen LogP contribution is -2.03. The zero-order valence-electron chi connectivity index (χ0n) is 20.7. The van der Waals surface area contributed by atoms with Crippen molar-refractivity contribution >= 4 is 11.9 Å². The first-order valence-corrected chi connectivity index (χ1v) is 11.2. The Labute approximate surface area is 195 Å². The van der Waals surface area contributed by atoms with Crippen LogP contribution in [0, 0.1) is 0 Å². The monoisotopic (exact) mass is 435 g/mol. The molecule has 0 saturated carbocycles. The Morgan fingerprint density at radius 2 is 1.81 bits per heavy atom. The van der Waals surface area contributed by atoms with Gasteiger partial charge in [-0.1, -0.05) is 52.1 Å². The number of aromatic nitrogens is 2. The maximum Gasteiger partial charge on any atom is 0.126 e. The van der Waals surface area contributed by atoms with Crippen molar-refractivity contribution in [3.63, 3.8) is 0 Å². The summed E-state index contributed by atoms with van der Waals surface area (Å²) in [6.45, 7) is 18.8. The van der Waals surface area contributed by atoms with E-state index in [1.165, 1.54) is 37.9 Å². The molecule has 2 aromatic rings. The lowest BCUT2D eigenvalue weighted by atomic mass is 9.93. The number of hydrogen-bond acceptors (Lipinski definition) is 3. The second kappa shape index (κ2) is 16.5. The van der Waals surface area contributed by atoms with Crippen LogP contribution in [0.2, 0.25) is 0 Å². The molecule has 1 atom stereocenters. The number of pyridine rings is 1. The number of carbonyl (C=O) groups is 1. The molecular weight excluding hydrogens is 394 g/mol. The molecule has 3 rings (SSSR count). The van der Waals surface area contributed by atoms with Crippen LogP contribution < -0.4 is 5.73 Å². The van der Waals surface area contributed by atoms with Crippen molar-refractivity contribution in [2.24, 2.45) is 5.73 Å². The Kier molecular flexibility index (Phi) is 14.9. The molecule has 0 fully saturated rings. The Morgan fingerprint density at radius 3 is 2.34 bits per heavy atom. The number of rotatable bonds is 3. The summed E-state index contributed by atoms with van der Waals surface area (Å²) in [6, 6.07) is 8.11. The van der Waals surface area contributed by atoms with Gasteiger partial charge in [-0.3, -0.25) is 4.98 Å². The summed E-state index contributed by atoms with van der Waals surface area (Å²) in [5, 5.41) is 0. The van der Waals surface area contributed by atoms with Crippen LogP contribution in [0.5, 0.6) is 0 Å². The summed E-state index contributed by atoms with van der Waals surface area (Å²) >= 11 is 0. The number of carbonyl (C=O) groups excluding carboxylic acids is 1. The first-order valence-electron chi connectivity index (χ1n) is 11.2. The summed E-state index contributed by atoms with van der Waals surface area (Å²) in [7, 11) is 0. The lowest BCUT2D eigenvalue weighted by molar-refractivity contribution is -0.114. The molecule has 1 aliphatic rings. The van der Waals surface area contributed by atoms with Gasteiger partial charge in [-0.15, -0.1) is 0 Å². The van der Waals surface area contributed by atoms with Gasteiger partial charge in [0.15, 0.2) is 0 Å². The Balaban J connectivity index is 0.000000484. The molecule has 0 bridgehead atoms. The number of nitrogens with one attached hydrogen (secondary N) is 1. The highest BCUT2D eigenvalue weighted by molar-refractivity contribution is 5.72. The summed E-state index contributed by atoms with van der Waals surface area (Å²) in [6.07, 6.45) is 13.7. The zero-order valence-corrected chi connectivity index (χ0v) is 20.7. The van der Waals surface area contributed by atoms with Crippen LogP contribution in [-0.4, -0.2) is 15.8 Å². The van der Waals surface area contributed by atoms with Gasteiger partial charge in [0, 0.05) is 35.1 Å². The summed E-state index contributed by atoms with van der Waals surface area (Å²) in [4.78, 5) is 17.0. The van der Waals surface area contributed by atoms with Gasteiger partial charge in [-0.25, -0.2) is 0 Å². The van der Waals surface area contributed by atoms with Crippen molar-refractivity contribution in [3.05, 3.63) is 95.8 Å². The third kappa shape index (κ3) is 11.9. The van der Waals surface area contributed by atoms with E-state index in [4.69, 9.17) is 5.73 Å². The molecule has 4 nitrogen and oxygen atoms in total. The molecule has 1 unspecified atom stereocenters. The van der Waals surface area contributed by atoms with Crippen molar-refractivity contribution in [1.82, 2.24) is 9.97 Å². The first-order chi connectivity index (χ1) is 15.2. The predicted octanol–water partition coefficient (Wildman–Crippen LogP) is 7.15. The van der Waals surface area contributed by atoms with Crippen molar-refractivity contribution < 1.29 is 4.79 Å². The van der Waals surface area contributed by atoms with E-state index < -0.39 is 0 Å². The lowest BCUT2D eigenvalue weighted by Gasteiger charge is -2.15. The molecular formula is C28H41N3O. The van der Waals surface area contributed by atoms with Gasteiger partial charge in [0.05, 0.1) is 0 Å². The quantitative estimate of drug-likeness (QED) is 0.397. The third-order valence-corrected chi connectivity index (χ3v) is 4.39. The van der Waals surface area contributed by atoms with Gasteiger partial charge in [-0.2, -0.15) is 0 Å². The number of ketones is 1. The van der Waals surface area contributed by atoms with Crippen molar-refractivity contribution in [1.29, 1.82) is 0 Å². The number of Topliss-reactive ketones (excluding diaryl/α,β-unsaturated/α-hetero) is 1. The molecule has 2 aromatic heterocycles. The van der Waals surface area contributed by atoms with Crippen LogP contribution in [0.25, 0.3) is 6.08 Å². The molecule has 0 aliphatic heterocycles. The average Bonchev–Trinajstić information content (AvgIpc) is 3.25. The molecule has 0 aromatic carbocycles. The summed E-state index contributed by atoms with van der Waals surface area (Å²) in [5.41, 5.74) is 11.7. The minimum atomic E-state index is 0.167. The molecule has 0 saturated heterocycles. The van der Waals surface area contributed by atoms with E-state index in [0.29, 0.717) is 11.6 Å². The third-order valence-electron chi connectivity index (χ3n) is 4.39. The smallest absolute Gasteiger partial charge is 0.126 e. The average molecular weight is 436 g/mol. The fraction of sp³-hybridized carbons (Fsp3) is 0.357. The van der Waals surface area contributed by atoms with Gasteiger partial charge in [-0.05, 0) is 81.4 Å². The number of nitrogens with two attached hydrogens (primary N) is 1. The predicted molar refractivity (Wildman–Crippen MR) is 139 cm³/mol. The number of hydrogen-bond donors (Lipinski definition) is 2. The van der Waals surface area contributed by atoms with E-state index in [9.17, 15) is 4.79 Å². The number of nitrogens with zero attached hydrogens (tertiary/aromatic N) is 1. The zero-order chi connectivity index (χ0) is 24.5. The number of fused-ring (bicyclic) bond motifs is 1. The van der Waals surface area contributed by atoms with E-state index in [2.05, 4.69) is 48.3 Å². The molecule has 32 heavy (non-hydrogen) atoms. The van der Waals surface area contributed by atoms with Gasteiger partial charge in [0.25, 0.3) is 0 Å². The summed E-state index contributed by atoms with van der Waals surface area (Å²) in [5.74, 6) is 0.779. The standard InChI is InChI=1S/C12H15N.C11H14N2.C3H6O.C2H6/c1-10-6-3-2-4-7-11-8-5-9-13-12(10)11;1-8(2)11(9(3)12)7-10-5-4-6-13-10;1-3(2)4;1-2/h2,4-5,8-10H,3,6-7H2,1H3;4-7,13H,1,3,12H2,2H3;1-2H3;1-2H3/b4-2-;11-7+;;. The van der Waals surface area contributed by atoms with Gasteiger partial charge >= 0.3 is 0 Å². The number of aromatic amines is 1. The number of allylic oxidation sites excluding steroid dienone is 3. The maximum absolute atomic E-state index is 9.44. The molecule has 0 spiro atoms. The number of H-pyrrole nitrogens is 1. The molecule has 174 valence electrons. The van der Waals surface area contributed by atoms with Crippen LogP contribution >= 0.6 is 0 Å². The van der Waals surface area contributed by atoms with Crippen molar-refractivity contribution in [2.75, 3.05) is 0 Å². The van der Waals surface area contributed by atoms with Gasteiger partial charge in [0.1, 0.15) is 5.78 Å². The highest BCUT2D eigenvalue weighted by Gasteiger charge is 2.11. The Bertz CT molecular complexity index is 869. The SMILES string of the molecule is C=C(C)/C(=C\c1ccc[nH]1)C(=C)N.CC.CC(C)=O.CC1CC/C=C\Cc2cccnc21. The van der Waals surface area contributed by atoms with Crippen LogP contribution in [0.15, 0.2) is 78.8 Å². The van der Waals surface area contributed by atoms with E-state index in [-0.39, 0.29) is 5.78 Å². The van der Waals surface area contributed by atoms with Gasteiger partial charge < -0.3 is 15.5 Å². The van der Waals surface area contributed by atoms with Crippen molar-refractivity contribution in [3.8, 4) is 0 Å². The van der Waals surface area contributed by atoms with E-state index in [1.807, 2.05) is 57.4 Å². The second-order valence-corrected chi connectivity index (χ2v) is 7.60. The van der Waals surface area contributed by atoms with E-state index in [0.717, 1.165) is 23.3 Å². The van der Waals surface area contributed by atoms with E-state index in [1.54, 1.807) is 0 Å². The van der Waals surface area contributed by atoms with Crippen LogP contribution in [-0.2, 0) is 11.2 Å². The molecule has 2 heterocycles. The molecule has 0 amide bonds. The van der Waals surface area contributed by atoms with Crippen molar-refractivity contribution in [2.45, 2.75) is 66.7 Å². The molecule has 1 aliphatic carbocycles.